The predicted molar refractivity (Wildman–Crippen MR) is 45.8 cm³/mol. The van der Waals surface area contributed by atoms with Crippen LogP contribution in [-0.4, -0.2) is 10.2 Å². The van der Waals surface area contributed by atoms with Crippen LogP contribution < -0.4 is 0 Å². The van der Waals surface area contributed by atoms with Gasteiger partial charge in [0.1, 0.15) is 6.07 Å². The lowest BCUT2D eigenvalue weighted by Gasteiger charge is -2.06. The summed E-state index contributed by atoms with van der Waals surface area (Å²) in [5.74, 6) is 0. The maximum atomic E-state index is 12.5. The average molecular weight is 211 g/mol. The number of fused-ring (bicyclic) bond motifs is 1. The smallest absolute Gasteiger partial charge is 0.276 e. The number of hydrogen-bond acceptors (Lipinski definition) is 2. The van der Waals surface area contributed by atoms with Gasteiger partial charge < -0.3 is 0 Å². The van der Waals surface area contributed by atoms with Crippen LogP contribution in [-0.2, 0) is 6.18 Å². The summed E-state index contributed by atoms with van der Waals surface area (Å²) in [4.78, 5) is 0. The summed E-state index contributed by atoms with van der Waals surface area (Å²) in [6.45, 7) is 0. The van der Waals surface area contributed by atoms with Crippen molar-refractivity contribution in [3.63, 3.8) is 0 Å². The van der Waals surface area contributed by atoms with E-state index in [-0.39, 0.29) is 16.6 Å². The van der Waals surface area contributed by atoms with Gasteiger partial charge in [-0.25, -0.2) is 0 Å². The van der Waals surface area contributed by atoms with Crippen LogP contribution in [0.1, 0.15) is 11.3 Å². The number of nitrogens with zero attached hydrogens (tertiary/aromatic N) is 2. The SMILES string of the molecule is N#Cc1n[nH]c2c(C(F)(F)F)cccc12. The second kappa shape index (κ2) is 2.98. The topological polar surface area (TPSA) is 52.5 Å². The van der Waals surface area contributed by atoms with Crippen molar-refractivity contribution in [1.82, 2.24) is 10.2 Å². The highest BCUT2D eigenvalue weighted by atomic mass is 19.4. The van der Waals surface area contributed by atoms with E-state index in [1.54, 1.807) is 6.07 Å². The first-order valence-electron chi connectivity index (χ1n) is 3.98. The van der Waals surface area contributed by atoms with Gasteiger partial charge in [0.2, 0.25) is 0 Å². The zero-order valence-electron chi connectivity index (χ0n) is 7.26. The van der Waals surface area contributed by atoms with E-state index >= 15 is 0 Å². The second-order valence-corrected chi connectivity index (χ2v) is 2.91. The molecule has 0 aliphatic carbocycles. The number of benzene rings is 1. The van der Waals surface area contributed by atoms with Gasteiger partial charge in [-0.3, -0.25) is 5.10 Å². The van der Waals surface area contributed by atoms with E-state index in [1.807, 2.05) is 0 Å². The van der Waals surface area contributed by atoms with E-state index < -0.39 is 11.7 Å². The summed E-state index contributed by atoms with van der Waals surface area (Å²) in [6, 6.07) is 5.34. The Morgan fingerprint density at radius 1 is 1.33 bits per heavy atom. The van der Waals surface area contributed by atoms with Gasteiger partial charge in [0.25, 0.3) is 0 Å². The van der Waals surface area contributed by atoms with Crippen molar-refractivity contribution < 1.29 is 13.2 Å². The van der Waals surface area contributed by atoms with E-state index in [2.05, 4.69) is 10.2 Å². The average Bonchev–Trinajstić information content (AvgIpc) is 2.58. The summed E-state index contributed by atoms with van der Waals surface area (Å²) in [6.07, 6.45) is -4.45. The van der Waals surface area contributed by atoms with E-state index in [1.165, 1.54) is 12.1 Å². The first-order valence-corrected chi connectivity index (χ1v) is 3.98. The van der Waals surface area contributed by atoms with Crippen molar-refractivity contribution in [3.05, 3.63) is 29.5 Å². The maximum Gasteiger partial charge on any atom is 0.418 e. The third-order valence-corrected chi connectivity index (χ3v) is 2.01. The van der Waals surface area contributed by atoms with Crippen LogP contribution in [0.5, 0.6) is 0 Å². The minimum Gasteiger partial charge on any atom is -0.276 e. The molecule has 0 unspecified atom stereocenters. The van der Waals surface area contributed by atoms with Crippen molar-refractivity contribution >= 4 is 10.9 Å². The maximum absolute atomic E-state index is 12.5. The zero-order valence-corrected chi connectivity index (χ0v) is 7.26. The zero-order chi connectivity index (χ0) is 11.1. The lowest BCUT2D eigenvalue weighted by atomic mass is 10.1. The van der Waals surface area contributed by atoms with Crippen LogP contribution in [0.4, 0.5) is 13.2 Å². The fraction of sp³-hybridized carbons (Fsp3) is 0.111. The van der Waals surface area contributed by atoms with Crippen molar-refractivity contribution in [2.75, 3.05) is 0 Å². The predicted octanol–water partition coefficient (Wildman–Crippen LogP) is 2.45. The lowest BCUT2D eigenvalue weighted by Crippen LogP contribution is -2.05. The van der Waals surface area contributed by atoms with Crippen LogP contribution in [0.15, 0.2) is 18.2 Å². The molecule has 0 bridgehead atoms. The number of para-hydroxylation sites is 1. The Balaban J connectivity index is 2.80. The minimum absolute atomic E-state index is 0.0314. The highest BCUT2D eigenvalue weighted by Crippen LogP contribution is 2.34. The number of H-pyrrole nitrogens is 1. The molecule has 3 nitrogen and oxygen atoms in total. The largest absolute Gasteiger partial charge is 0.418 e. The van der Waals surface area contributed by atoms with Gasteiger partial charge in [-0.15, -0.1) is 0 Å². The molecule has 0 atom stereocenters. The van der Waals surface area contributed by atoms with Crippen LogP contribution in [0, 0.1) is 11.3 Å². The molecule has 76 valence electrons. The van der Waals surface area contributed by atoms with Crippen LogP contribution in [0.2, 0.25) is 0 Å². The second-order valence-electron chi connectivity index (χ2n) is 2.91. The highest BCUT2D eigenvalue weighted by Gasteiger charge is 2.33. The molecule has 6 heteroatoms. The summed E-state index contributed by atoms with van der Waals surface area (Å²) in [7, 11) is 0. The number of halogens is 3. The number of hydrogen-bond donors (Lipinski definition) is 1. The summed E-state index contributed by atoms with van der Waals surface area (Å²) >= 11 is 0. The Bertz CT molecular complexity index is 548. The van der Waals surface area contributed by atoms with Gasteiger partial charge in [-0.2, -0.15) is 23.5 Å². The fourth-order valence-electron chi connectivity index (χ4n) is 1.36. The van der Waals surface area contributed by atoms with Crippen molar-refractivity contribution in [2.45, 2.75) is 6.18 Å². The molecule has 1 heterocycles. The van der Waals surface area contributed by atoms with Crippen molar-refractivity contribution in [3.8, 4) is 6.07 Å². The van der Waals surface area contributed by atoms with Gasteiger partial charge in [0.05, 0.1) is 11.1 Å². The van der Waals surface area contributed by atoms with Crippen LogP contribution >= 0.6 is 0 Å². The molecular formula is C9H4F3N3. The number of aromatic nitrogens is 2. The van der Waals surface area contributed by atoms with E-state index in [9.17, 15) is 13.2 Å². The quantitative estimate of drug-likeness (QED) is 0.727. The molecule has 2 rings (SSSR count). The summed E-state index contributed by atoms with van der Waals surface area (Å²) in [5, 5.41) is 14.5. The van der Waals surface area contributed by atoms with Gasteiger partial charge in [0, 0.05) is 5.39 Å². The minimum atomic E-state index is -4.45. The standard InChI is InChI=1S/C9H4F3N3/c10-9(11,12)6-3-1-2-5-7(4-13)14-15-8(5)6/h1-3H,(H,14,15). The lowest BCUT2D eigenvalue weighted by molar-refractivity contribution is -0.136. The number of alkyl halides is 3. The first-order chi connectivity index (χ1) is 7.04. The highest BCUT2D eigenvalue weighted by molar-refractivity contribution is 5.86. The first kappa shape index (κ1) is 9.52. The Kier molecular flexibility index (Phi) is 1.89. The number of aromatic amines is 1. The molecule has 0 saturated heterocycles. The molecule has 0 aliphatic rings. The molecule has 0 fully saturated rings. The molecule has 1 aromatic heterocycles. The monoisotopic (exact) mass is 211 g/mol. The summed E-state index contributed by atoms with van der Waals surface area (Å²) in [5.41, 5.74) is -0.994. The molecule has 0 spiro atoms. The molecule has 0 amide bonds. The van der Waals surface area contributed by atoms with Crippen LogP contribution in [0.25, 0.3) is 10.9 Å². The number of rotatable bonds is 0. The van der Waals surface area contributed by atoms with Gasteiger partial charge in [-0.1, -0.05) is 6.07 Å². The number of nitrogens with one attached hydrogen (secondary N) is 1. The van der Waals surface area contributed by atoms with Crippen molar-refractivity contribution in [1.29, 1.82) is 5.26 Å². The molecule has 0 aliphatic heterocycles. The Morgan fingerprint density at radius 3 is 2.67 bits per heavy atom. The van der Waals surface area contributed by atoms with Gasteiger partial charge in [-0.05, 0) is 12.1 Å². The van der Waals surface area contributed by atoms with Gasteiger partial charge >= 0.3 is 6.18 Å². The Hall–Kier alpha value is -2.03. The molecule has 0 saturated carbocycles. The Morgan fingerprint density at radius 2 is 2.07 bits per heavy atom. The third kappa shape index (κ3) is 1.42. The van der Waals surface area contributed by atoms with Gasteiger partial charge in [0.15, 0.2) is 5.69 Å². The molecule has 1 aromatic carbocycles. The molecule has 2 aromatic rings. The van der Waals surface area contributed by atoms with E-state index in [4.69, 9.17) is 5.26 Å². The summed E-state index contributed by atoms with van der Waals surface area (Å²) < 4.78 is 37.5. The van der Waals surface area contributed by atoms with E-state index in [0.717, 1.165) is 6.07 Å². The van der Waals surface area contributed by atoms with Crippen molar-refractivity contribution in [2.24, 2.45) is 0 Å². The molecule has 0 radical (unpaired) electrons. The molecular weight excluding hydrogens is 207 g/mol. The molecule has 1 N–H and O–H groups in total. The van der Waals surface area contributed by atoms with E-state index in [0.29, 0.717) is 0 Å². The molecule has 15 heavy (non-hydrogen) atoms. The van der Waals surface area contributed by atoms with Crippen LogP contribution in [0.3, 0.4) is 0 Å². The Labute approximate surface area is 82.1 Å². The number of nitriles is 1. The third-order valence-electron chi connectivity index (χ3n) is 2.01. The normalized spacial score (nSPS) is 11.6. The fourth-order valence-corrected chi connectivity index (χ4v) is 1.36.